The Morgan fingerprint density at radius 3 is 2.81 bits per heavy atom. The smallest absolute Gasteiger partial charge is 0.246 e. The average molecular weight is 427 g/mol. The summed E-state index contributed by atoms with van der Waals surface area (Å²) >= 11 is 0. The number of carbonyl (C=O) groups excluding carboxylic acids is 2. The number of aliphatic imine (C=N–C) groups is 1. The van der Waals surface area contributed by atoms with Gasteiger partial charge in [-0.15, -0.1) is 0 Å². The summed E-state index contributed by atoms with van der Waals surface area (Å²) in [6, 6.07) is 10.6. The average Bonchev–Trinajstić information content (AvgIpc) is 3.34. The first-order valence-corrected chi connectivity index (χ1v) is 10.9. The third-order valence-electron chi connectivity index (χ3n) is 6.38. The number of aromatic nitrogens is 1. The van der Waals surface area contributed by atoms with Crippen LogP contribution in [0.2, 0.25) is 0 Å². The van der Waals surface area contributed by atoms with Crippen molar-refractivity contribution in [2.45, 2.75) is 33.0 Å². The van der Waals surface area contributed by atoms with Gasteiger partial charge in [0, 0.05) is 47.5 Å². The fraction of sp³-hybridized carbons (Fsp3) is 0.269. The molecule has 0 atom stereocenters. The van der Waals surface area contributed by atoms with Crippen molar-refractivity contribution in [2.75, 3.05) is 13.1 Å². The number of aryl methyl sites for hydroxylation is 2. The molecule has 0 bridgehead atoms. The number of amides is 2. The van der Waals surface area contributed by atoms with Gasteiger partial charge in [0.05, 0.1) is 12.6 Å². The lowest BCUT2D eigenvalue weighted by molar-refractivity contribution is -0.133. The molecule has 1 N–H and O–H groups in total. The second kappa shape index (κ2) is 7.79. The van der Waals surface area contributed by atoms with Crippen molar-refractivity contribution in [3.8, 4) is 11.1 Å². The lowest BCUT2D eigenvalue weighted by Gasteiger charge is -2.38. The number of hydrogen-bond donors (Lipinski definition) is 1. The van der Waals surface area contributed by atoms with E-state index in [-0.39, 0.29) is 24.4 Å². The van der Waals surface area contributed by atoms with Crippen LogP contribution in [0.3, 0.4) is 0 Å². The number of carbonyl (C=O) groups is 2. The van der Waals surface area contributed by atoms with Gasteiger partial charge in [0.1, 0.15) is 6.54 Å². The molecule has 0 unspecified atom stereocenters. The maximum atomic E-state index is 12.8. The van der Waals surface area contributed by atoms with Crippen molar-refractivity contribution >= 4 is 28.9 Å². The fourth-order valence-electron chi connectivity index (χ4n) is 4.70. The maximum Gasteiger partial charge on any atom is 0.246 e. The number of nitrogens with zero attached hydrogens (tertiary/aromatic N) is 3. The summed E-state index contributed by atoms with van der Waals surface area (Å²) in [5.41, 5.74) is 8.15. The van der Waals surface area contributed by atoms with Gasteiger partial charge in [0.2, 0.25) is 11.8 Å². The van der Waals surface area contributed by atoms with E-state index in [4.69, 9.17) is 0 Å². The number of likely N-dealkylation sites (tertiary alicyclic amines) is 1. The Hall–Kier alpha value is -3.67. The summed E-state index contributed by atoms with van der Waals surface area (Å²) in [5, 5.41) is 4.18. The van der Waals surface area contributed by atoms with Gasteiger partial charge < -0.3 is 14.8 Å². The van der Waals surface area contributed by atoms with E-state index in [9.17, 15) is 9.59 Å². The number of hydrogen-bond acceptors (Lipinski definition) is 3. The van der Waals surface area contributed by atoms with Crippen LogP contribution >= 0.6 is 0 Å². The van der Waals surface area contributed by atoms with E-state index in [2.05, 4.69) is 67.3 Å². The van der Waals surface area contributed by atoms with E-state index in [0.717, 1.165) is 23.0 Å². The largest absolute Gasteiger partial charge is 0.348 e. The molecule has 32 heavy (non-hydrogen) atoms. The zero-order valence-electron chi connectivity index (χ0n) is 18.4. The van der Waals surface area contributed by atoms with E-state index < -0.39 is 0 Å². The normalized spacial score (nSPS) is 15.0. The number of fused-ring (bicyclic) bond motifs is 2. The van der Waals surface area contributed by atoms with Gasteiger partial charge in [-0.3, -0.25) is 14.6 Å². The highest BCUT2D eigenvalue weighted by Crippen LogP contribution is 2.37. The van der Waals surface area contributed by atoms with Crippen molar-refractivity contribution in [3.05, 3.63) is 71.4 Å². The monoisotopic (exact) mass is 426 g/mol. The van der Waals surface area contributed by atoms with Gasteiger partial charge in [-0.05, 0) is 48.7 Å². The lowest BCUT2D eigenvalue weighted by atomic mass is 9.92. The summed E-state index contributed by atoms with van der Waals surface area (Å²) in [6.07, 6.45) is 5.36. The molecule has 2 amide bonds. The van der Waals surface area contributed by atoms with Gasteiger partial charge in [-0.2, -0.15) is 0 Å². The summed E-state index contributed by atoms with van der Waals surface area (Å²) in [6.45, 7) is 9.73. The van der Waals surface area contributed by atoms with Crippen LogP contribution in [0.4, 0.5) is 0 Å². The summed E-state index contributed by atoms with van der Waals surface area (Å²) < 4.78 is 2.02. The van der Waals surface area contributed by atoms with Crippen LogP contribution in [0, 0.1) is 13.8 Å². The van der Waals surface area contributed by atoms with E-state index >= 15 is 0 Å². The highest BCUT2D eigenvalue weighted by molar-refractivity contribution is 6.04. The van der Waals surface area contributed by atoms with Crippen molar-refractivity contribution in [2.24, 2.45) is 4.99 Å². The second-order valence-corrected chi connectivity index (χ2v) is 8.70. The van der Waals surface area contributed by atoms with Crippen LogP contribution in [0.15, 0.2) is 54.2 Å². The molecule has 3 heterocycles. The molecule has 3 aromatic rings. The Labute approximate surface area is 187 Å². The van der Waals surface area contributed by atoms with Crippen LogP contribution in [0.5, 0.6) is 0 Å². The van der Waals surface area contributed by atoms with E-state index in [1.165, 1.54) is 33.9 Å². The highest BCUT2D eigenvalue weighted by Gasteiger charge is 2.30. The van der Waals surface area contributed by atoms with Gasteiger partial charge in [-0.1, -0.05) is 30.3 Å². The Balaban J connectivity index is 1.46. The van der Waals surface area contributed by atoms with Gasteiger partial charge in [0.25, 0.3) is 0 Å². The molecule has 1 aromatic heterocycles. The molecule has 2 aliphatic heterocycles. The molecule has 5 rings (SSSR count). The minimum absolute atomic E-state index is 0.00853. The Kier molecular flexibility index (Phi) is 4.93. The second-order valence-electron chi connectivity index (χ2n) is 8.70. The van der Waals surface area contributed by atoms with Crippen molar-refractivity contribution < 1.29 is 9.59 Å². The first-order valence-electron chi connectivity index (χ1n) is 10.9. The zero-order chi connectivity index (χ0) is 22.4. The number of nitrogens with one attached hydrogen (secondary N) is 1. The Morgan fingerprint density at radius 1 is 1.22 bits per heavy atom. The fourth-order valence-corrected chi connectivity index (χ4v) is 4.70. The van der Waals surface area contributed by atoms with E-state index in [1.807, 2.05) is 10.8 Å². The predicted molar refractivity (Wildman–Crippen MR) is 127 cm³/mol. The molecule has 0 aliphatic carbocycles. The van der Waals surface area contributed by atoms with Gasteiger partial charge in [0.15, 0.2) is 0 Å². The topological polar surface area (TPSA) is 66.7 Å². The quantitative estimate of drug-likeness (QED) is 0.636. The minimum Gasteiger partial charge on any atom is -0.348 e. The molecule has 2 aliphatic rings. The van der Waals surface area contributed by atoms with Crippen LogP contribution in [0.25, 0.3) is 22.0 Å². The SMILES string of the molecule is C=CC(=O)N1CC(NC(=O)Cn2cc(-c3c(C)ccc4c3C=NC4)c3cc(C)ccc32)C1. The molecular formula is C26H26N4O2. The molecule has 2 aromatic carbocycles. The predicted octanol–water partition coefficient (Wildman–Crippen LogP) is 3.37. The van der Waals surface area contributed by atoms with Crippen molar-refractivity contribution in [1.82, 2.24) is 14.8 Å². The summed E-state index contributed by atoms with van der Waals surface area (Å²) in [4.78, 5) is 30.6. The molecule has 0 saturated carbocycles. The van der Waals surface area contributed by atoms with E-state index in [0.29, 0.717) is 13.1 Å². The summed E-state index contributed by atoms with van der Waals surface area (Å²) in [7, 11) is 0. The molecule has 1 fully saturated rings. The number of benzene rings is 2. The third-order valence-corrected chi connectivity index (χ3v) is 6.38. The molecular weight excluding hydrogens is 400 g/mol. The molecule has 1 saturated heterocycles. The van der Waals surface area contributed by atoms with Crippen molar-refractivity contribution in [1.29, 1.82) is 0 Å². The van der Waals surface area contributed by atoms with Crippen LogP contribution in [-0.2, 0) is 22.7 Å². The maximum absolute atomic E-state index is 12.8. The van der Waals surface area contributed by atoms with Crippen LogP contribution < -0.4 is 5.32 Å². The zero-order valence-corrected chi connectivity index (χ0v) is 18.4. The highest BCUT2D eigenvalue weighted by atomic mass is 16.2. The van der Waals surface area contributed by atoms with Crippen LogP contribution in [0.1, 0.15) is 22.3 Å². The molecule has 0 radical (unpaired) electrons. The first-order chi connectivity index (χ1) is 15.4. The van der Waals surface area contributed by atoms with Crippen molar-refractivity contribution in [3.63, 3.8) is 0 Å². The van der Waals surface area contributed by atoms with Gasteiger partial charge >= 0.3 is 0 Å². The third kappa shape index (κ3) is 3.42. The Morgan fingerprint density at radius 2 is 2.03 bits per heavy atom. The Bertz CT molecular complexity index is 1290. The molecule has 0 spiro atoms. The first kappa shape index (κ1) is 20.2. The van der Waals surface area contributed by atoms with E-state index in [1.54, 1.807) is 4.90 Å². The number of rotatable bonds is 5. The molecule has 162 valence electrons. The standard InChI is InChI=1S/C26H26N4O2/c1-4-25(32)30-12-19(13-30)28-24(31)15-29-14-22(20-9-16(2)5-8-23(20)29)26-17(3)6-7-18-10-27-11-21(18)26/h4-9,11,14,19H,1,10,12-13,15H2,2-3H3,(H,28,31). The van der Waals surface area contributed by atoms with Crippen LogP contribution in [-0.4, -0.2) is 46.6 Å². The minimum atomic E-state index is -0.0961. The molecule has 6 heteroatoms. The van der Waals surface area contributed by atoms with Gasteiger partial charge in [-0.25, -0.2) is 0 Å². The summed E-state index contributed by atoms with van der Waals surface area (Å²) in [5.74, 6) is -0.150. The molecule has 6 nitrogen and oxygen atoms in total. The lowest BCUT2D eigenvalue weighted by Crippen LogP contribution is -2.61.